The molecule has 2 aliphatic rings. The summed E-state index contributed by atoms with van der Waals surface area (Å²) in [5.41, 5.74) is 5.45. The Labute approximate surface area is 125 Å². The van der Waals surface area contributed by atoms with E-state index < -0.39 is 17.6 Å². The third-order valence-corrected chi connectivity index (χ3v) is 5.12. The molecule has 1 saturated heterocycles. The van der Waals surface area contributed by atoms with Gasteiger partial charge in [0.15, 0.2) is 0 Å². The largest absolute Gasteiger partial charge is 0.391 e. The second kappa shape index (κ2) is 6.84. The van der Waals surface area contributed by atoms with E-state index in [1.54, 1.807) is 0 Å². The number of halogens is 3. The van der Waals surface area contributed by atoms with Gasteiger partial charge in [-0.2, -0.15) is 13.2 Å². The minimum atomic E-state index is -4.10. The maximum Gasteiger partial charge on any atom is 0.391 e. The third-order valence-electron chi connectivity index (χ3n) is 5.12. The van der Waals surface area contributed by atoms with Crippen molar-refractivity contribution >= 4 is 0 Å². The number of likely N-dealkylation sites (tertiary alicyclic amines) is 1. The van der Waals surface area contributed by atoms with Crippen molar-refractivity contribution in [2.45, 2.75) is 63.3 Å². The van der Waals surface area contributed by atoms with Crippen molar-refractivity contribution in [2.24, 2.45) is 11.7 Å². The topological polar surface area (TPSA) is 38.5 Å². The average molecular weight is 308 g/mol. The van der Waals surface area contributed by atoms with Crippen LogP contribution in [-0.2, 0) is 4.74 Å². The number of piperidine rings is 1. The fraction of sp³-hybridized carbons (Fsp3) is 1.00. The van der Waals surface area contributed by atoms with Gasteiger partial charge in [0.2, 0.25) is 0 Å². The summed E-state index contributed by atoms with van der Waals surface area (Å²) in [4.78, 5) is 2.19. The molecule has 1 saturated carbocycles. The number of nitrogens with two attached hydrogens (primary N) is 1. The van der Waals surface area contributed by atoms with E-state index in [4.69, 9.17) is 10.5 Å². The zero-order chi connectivity index (χ0) is 15.5. The van der Waals surface area contributed by atoms with E-state index in [-0.39, 0.29) is 18.9 Å². The van der Waals surface area contributed by atoms with Crippen LogP contribution in [0.5, 0.6) is 0 Å². The fourth-order valence-corrected chi connectivity index (χ4v) is 3.96. The van der Waals surface area contributed by atoms with E-state index in [1.807, 2.05) is 6.92 Å². The number of hydrogen-bond donors (Lipinski definition) is 1. The molecule has 1 aliphatic carbocycles. The molecule has 124 valence electrons. The summed E-state index contributed by atoms with van der Waals surface area (Å²) >= 11 is 0. The van der Waals surface area contributed by atoms with Crippen LogP contribution in [0.4, 0.5) is 13.2 Å². The van der Waals surface area contributed by atoms with Crippen LogP contribution in [0.15, 0.2) is 0 Å². The first-order valence-electron chi connectivity index (χ1n) is 8.05. The molecule has 0 aromatic heterocycles. The summed E-state index contributed by atoms with van der Waals surface area (Å²) in [6, 6.07) is 0. The van der Waals surface area contributed by atoms with Crippen LogP contribution < -0.4 is 5.73 Å². The lowest BCUT2D eigenvalue weighted by molar-refractivity contribution is -0.195. The van der Waals surface area contributed by atoms with E-state index in [2.05, 4.69) is 4.90 Å². The highest BCUT2D eigenvalue weighted by molar-refractivity contribution is 4.99. The lowest BCUT2D eigenvalue weighted by Crippen LogP contribution is -2.60. The second-order valence-corrected chi connectivity index (χ2v) is 6.43. The molecule has 0 bridgehead atoms. The molecule has 0 amide bonds. The van der Waals surface area contributed by atoms with Crippen LogP contribution in [0.25, 0.3) is 0 Å². The first kappa shape index (κ1) is 17.0. The molecule has 2 fully saturated rings. The molecule has 3 nitrogen and oxygen atoms in total. The van der Waals surface area contributed by atoms with Gasteiger partial charge in [0.05, 0.1) is 12.0 Å². The Morgan fingerprint density at radius 2 is 2.05 bits per heavy atom. The van der Waals surface area contributed by atoms with Crippen molar-refractivity contribution in [3.05, 3.63) is 0 Å². The van der Waals surface area contributed by atoms with E-state index in [9.17, 15) is 13.2 Å². The van der Waals surface area contributed by atoms with Crippen molar-refractivity contribution in [1.82, 2.24) is 4.90 Å². The van der Waals surface area contributed by atoms with E-state index >= 15 is 0 Å². The van der Waals surface area contributed by atoms with Crippen LogP contribution >= 0.6 is 0 Å². The number of alkyl halides is 3. The molecule has 0 aromatic carbocycles. The number of ether oxygens (including phenoxy) is 1. The standard InChI is InChI=1S/C15H27F3N2O/c1-2-21-13-6-4-8-20(10-13)14(11-19)7-3-5-12(9-14)15(16,17)18/h12-13H,2-11,19H2,1H3. The summed E-state index contributed by atoms with van der Waals surface area (Å²) in [6.07, 6.45) is -0.225. The van der Waals surface area contributed by atoms with Gasteiger partial charge < -0.3 is 10.5 Å². The highest BCUT2D eigenvalue weighted by Crippen LogP contribution is 2.44. The monoisotopic (exact) mass is 308 g/mol. The first-order chi connectivity index (χ1) is 9.91. The van der Waals surface area contributed by atoms with Gasteiger partial charge in [0.1, 0.15) is 0 Å². The van der Waals surface area contributed by atoms with Gasteiger partial charge in [-0.05, 0) is 45.6 Å². The molecule has 1 heterocycles. The smallest absolute Gasteiger partial charge is 0.377 e. The van der Waals surface area contributed by atoms with Crippen LogP contribution in [-0.4, -0.2) is 49.0 Å². The summed E-state index contributed by atoms with van der Waals surface area (Å²) < 4.78 is 45.0. The van der Waals surface area contributed by atoms with Gasteiger partial charge in [-0.15, -0.1) is 0 Å². The fourth-order valence-electron chi connectivity index (χ4n) is 3.96. The molecule has 2 N–H and O–H groups in total. The molecule has 0 spiro atoms. The Morgan fingerprint density at radius 3 is 2.67 bits per heavy atom. The van der Waals surface area contributed by atoms with Crippen LogP contribution in [0.2, 0.25) is 0 Å². The lowest BCUT2D eigenvalue weighted by Gasteiger charge is -2.51. The van der Waals surface area contributed by atoms with E-state index in [0.29, 0.717) is 19.6 Å². The Balaban J connectivity index is 2.09. The van der Waals surface area contributed by atoms with E-state index in [0.717, 1.165) is 32.4 Å². The maximum atomic E-state index is 13.1. The van der Waals surface area contributed by atoms with E-state index in [1.165, 1.54) is 0 Å². The zero-order valence-electron chi connectivity index (χ0n) is 12.8. The quantitative estimate of drug-likeness (QED) is 0.868. The highest BCUT2D eigenvalue weighted by atomic mass is 19.4. The number of rotatable bonds is 4. The van der Waals surface area contributed by atoms with Crippen LogP contribution in [0, 0.1) is 5.92 Å². The van der Waals surface area contributed by atoms with Crippen molar-refractivity contribution in [3.8, 4) is 0 Å². The zero-order valence-corrected chi connectivity index (χ0v) is 12.8. The molecule has 0 aromatic rings. The van der Waals surface area contributed by atoms with Gasteiger partial charge in [-0.25, -0.2) is 0 Å². The summed E-state index contributed by atoms with van der Waals surface area (Å²) in [7, 11) is 0. The predicted octanol–water partition coefficient (Wildman–Crippen LogP) is 2.94. The minimum absolute atomic E-state index is 0.137. The summed E-state index contributed by atoms with van der Waals surface area (Å²) in [5.74, 6) is -1.21. The van der Waals surface area contributed by atoms with Gasteiger partial charge >= 0.3 is 6.18 Å². The second-order valence-electron chi connectivity index (χ2n) is 6.43. The molecule has 6 heteroatoms. The third kappa shape index (κ3) is 3.90. The van der Waals surface area contributed by atoms with Crippen molar-refractivity contribution in [3.63, 3.8) is 0 Å². The normalized spacial score (nSPS) is 35.9. The van der Waals surface area contributed by atoms with Crippen molar-refractivity contribution < 1.29 is 17.9 Å². The van der Waals surface area contributed by atoms with Gasteiger partial charge in [-0.1, -0.05) is 6.42 Å². The van der Waals surface area contributed by atoms with Crippen LogP contribution in [0.3, 0.4) is 0 Å². The molecule has 3 unspecified atom stereocenters. The molecule has 0 radical (unpaired) electrons. The molecule has 2 rings (SSSR count). The maximum absolute atomic E-state index is 13.1. The SMILES string of the molecule is CCOC1CCCN(C2(CN)CCCC(C(F)(F)F)C2)C1. The first-order valence-corrected chi connectivity index (χ1v) is 8.05. The summed E-state index contributed by atoms with van der Waals surface area (Å²) in [6.45, 7) is 4.47. The molecule has 21 heavy (non-hydrogen) atoms. The Morgan fingerprint density at radius 1 is 1.29 bits per heavy atom. The van der Waals surface area contributed by atoms with Crippen LogP contribution in [0.1, 0.15) is 45.4 Å². The minimum Gasteiger partial charge on any atom is -0.377 e. The Bertz CT molecular complexity index is 335. The highest BCUT2D eigenvalue weighted by Gasteiger charge is 2.49. The number of hydrogen-bond acceptors (Lipinski definition) is 3. The molecule has 1 aliphatic heterocycles. The van der Waals surface area contributed by atoms with Gasteiger partial charge in [0, 0.05) is 25.2 Å². The number of nitrogens with zero attached hydrogens (tertiary/aromatic N) is 1. The predicted molar refractivity (Wildman–Crippen MR) is 76.0 cm³/mol. The Hall–Kier alpha value is -0.330. The lowest BCUT2D eigenvalue weighted by atomic mass is 9.73. The molecular weight excluding hydrogens is 281 g/mol. The molecule has 3 atom stereocenters. The van der Waals surface area contributed by atoms with Gasteiger partial charge in [0.25, 0.3) is 0 Å². The average Bonchev–Trinajstić information content (AvgIpc) is 2.47. The van der Waals surface area contributed by atoms with Gasteiger partial charge in [-0.3, -0.25) is 4.90 Å². The Kier molecular flexibility index (Phi) is 5.54. The molecular formula is C15H27F3N2O. The van der Waals surface area contributed by atoms with Crippen molar-refractivity contribution in [1.29, 1.82) is 0 Å². The summed E-state index contributed by atoms with van der Waals surface area (Å²) in [5, 5.41) is 0. The van der Waals surface area contributed by atoms with Crippen molar-refractivity contribution in [2.75, 3.05) is 26.2 Å².